The summed E-state index contributed by atoms with van der Waals surface area (Å²) in [7, 11) is 1.83. The number of esters is 1. The summed E-state index contributed by atoms with van der Waals surface area (Å²) >= 11 is 0. The van der Waals surface area contributed by atoms with E-state index in [9.17, 15) is 19.5 Å². The van der Waals surface area contributed by atoms with Crippen LogP contribution in [0.15, 0.2) is 54.6 Å². The van der Waals surface area contributed by atoms with Gasteiger partial charge in [0.25, 0.3) is 0 Å². The molecule has 192 valence electrons. The number of piperidine rings is 1. The molecule has 4 rings (SSSR count). The molecule has 2 amide bonds. The van der Waals surface area contributed by atoms with E-state index in [0.717, 1.165) is 11.3 Å². The highest BCUT2D eigenvalue weighted by atomic mass is 16.5. The number of carbonyl (C=O) groups is 3. The Balaban J connectivity index is 1.66. The molecule has 2 aromatic rings. The Labute approximate surface area is 212 Å². The van der Waals surface area contributed by atoms with Gasteiger partial charge in [0.05, 0.1) is 5.56 Å². The molecule has 1 N–H and O–H groups in total. The molecule has 8 nitrogen and oxygen atoms in total. The third-order valence-electron chi connectivity index (χ3n) is 8.08. The van der Waals surface area contributed by atoms with E-state index in [1.54, 1.807) is 12.1 Å². The van der Waals surface area contributed by atoms with E-state index >= 15 is 0 Å². The molecular weight excluding hydrogens is 458 g/mol. The maximum atomic E-state index is 13.8. The summed E-state index contributed by atoms with van der Waals surface area (Å²) in [6.07, 6.45) is -0.170. The van der Waals surface area contributed by atoms with Gasteiger partial charge in [-0.2, -0.15) is 0 Å². The monoisotopic (exact) mass is 493 g/mol. The van der Waals surface area contributed by atoms with Gasteiger partial charge in [-0.3, -0.25) is 4.79 Å². The summed E-state index contributed by atoms with van der Waals surface area (Å²) in [5.74, 6) is -0.417. The lowest BCUT2D eigenvalue weighted by molar-refractivity contribution is -0.136. The number of carbonyl (C=O) groups excluding carboxylic acids is 2. The van der Waals surface area contributed by atoms with Gasteiger partial charge in [-0.1, -0.05) is 51.1 Å². The fourth-order valence-electron chi connectivity index (χ4n) is 5.57. The van der Waals surface area contributed by atoms with Crippen LogP contribution < -0.4 is 4.90 Å². The number of ether oxygens (including phenoxy) is 1. The summed E-state index contributed by atoms with van der Waals surface area (Å²) in [5.41, 5.74) is 0.298. The first-order chi connectivity index (χ1) is 16.9. The second kappa shape index (κ2) is 9.15. The molecule has 0 bridgehead atoms. The third-order valence-corrected chi connectivity index (χ3v) is 8.08. The average Bonchev–Trinajstić information content (AvgIpc) is 3.02. The first-order valence-electron chi connectivity index (χ1n) is 12.3. The topological polar surface area (TPSA) is 90.4 Å². The molecule has 36 heavy (non-hydrogen) atoms. The Hall–Kier alpha value is -3.55. The van der Waals surface area contributed by atoms with Crippen molar-refractivity contribution >= 4 is 23.7 Å². The Bertz CT molecular complexity index is 1130. The lowest BCUT2D eigenvalue weighted by Gasteiger charge is -2.53. The van der Waals surface area contributed by atoms with Crippen molar-refractivity contribution < 1.29 is 24.2 Å². The number of nitrogens with zero attached hydrogens (tertiary/aromatic N) is 3. The molecule has 1 unspecified atom stereocenters. The van der Waals surface area contributed by atoms with Crippen LogP contribution in [-0.4, -0.2) is 64.2 Å². The number of hydrogen-bond acceptors (Lipinski definition) is 5. The minimum absolute atomic E-state index is 0.00342. The SMILES string of the molecule is CN1C(=O)C2(CCN(C(=O)O)CC2)N(c2ccc(C(=O)OCc3ccccc3)cc2)C1(C)C(C)(C)C. The van der Waals surface area contributed by atoms with Gasteiger partial charge in [-0.05, 0) is 49.6 Å². The van der Waals surface area contributed by atoms with Crippen molar-refractivity contribution in [3.8, 4) is 0 Å². The molecule has 2 heterocycles. The highest BCUT2D eigenvalue weighted by molar-refractivity contribution is 5.96. The zero-order chi connectivity index (χ0) is 26.3. The molecule has 8 heteroatoms. The molecule has 2 fully saturated rings. The summed E-state index contributed by atoms with van der Waals surface area (Å²) in [6, 6.07) is 16.7. The maximum absolute atomic E-state index is 13.8. The fraction of sp³-hybridized carbons (Fsp3) is 0.464. The van der Waals surface area contributed by atoms with Crippen molar-refractivity contribution in [2.24, 2.45) is 5.41 Å². The van der Waals surface area contributed by atoms with Crippen LogP contribution in [0.5, 0.6) is 0 Å². The highest BCUT2D eigenvalue weighted by Crippen LogP contribution is 2.53. The molecule has 2 aromatic carbocycles. The number of likely N-dealkylation sites (tertiary alicyclic amines) is 1. The van der Waals surface area contributed by atoms with Gasteiger partial charge in [0.2, 0.25) is 5.91 Å². The molecule has 2 aliphatic heterocycles. The zero-order valence-electron chi connectivity index (χ0n) is 21.7. The second-order valence-corrected chi connectivity index (χ2v) is 10.9. The number of benzene rings is 2. The van der Waals surface area contributed by atoms with Crippen LogP contribution in [0.2, 0.25) is 0 Å². The second-order valence-electron chi connectivity index (χ2n) is 10.9. The van der Waals surface area contributed by atoms with E-state index in [0.29, 0.717) is 18.4 Å². The number of likely N-dealkylation sites (N-methyl/N-ethyl adjacent to an activating group) is 1. The van der Waals surface area contributed by atoms with E-state index < -0.39 is 23.3 Å². The zero-order valence-corrected chi connectivity index (χ0v) is 21.7. The first-order valence-corrected chi connectivity index (χ1v) is 12.3. The van der Waals surface area contributed by atoms with Crippen LogP contribution in [0.1, 0.15) is 56.5 Å². The number of rotatable bonds is 4. The molecule has 2 aliphatic rings. The minimum Gasteiger partial charge on any atom is -0.465 e. The van der Waals surface area contributed by atoms with E-state index in [4.69, 9.17) is 4.74 Å². The van der Waals surface area contributed by atoms with E-state index in [1.165, 1.54) is 4.90 Å². The van der Waals surface area contributed by atoms with Crippen LogP contribution >= 0.6 is 0 Å². The van der Waals surface area contributed by atoms with Crippen molar-refractivity contribution in [1.29, 1.82) is 0 Å². The van der Waals surface area contributed by atoms with Gasteiger partial charge < -0.3 is 24.5 Å². The average molecular weight is 494 g/mol. The normalized spacial score (nSPS) is 21.7. The molecule has 1 spiro atoms. The first kappa shape index (κ1) is 25.5. The van der Waals surface area contributed by atoms with E-state index in [-0.39, 0.29) is 31.0 Å². The van der Waals surface area contributed by atoms with Gasteiger partial charge in [-0.15, -0.1) is 0 Å². The predicted octanol–water partition coefficient (Wildman–Crippen LogP) is 4.60. The number of amides is 2. The molecule has 2 saturated heterocycles. The molecule has 0 saturated carbocycles. The largest absolute Gasteiger partial charge is 0.465 e. The Morgan fingerprint density at radius 3 is 2.11 bits per heavy atom. The highest BCUT2D eigenvalue weighted by Gasteiger charge is 2.65. The van der Waals surface area contributed by atoms with E-state index in [1.807, 2.05) is 54.4 Å². The van der Waals surface area contributed by atoms with Gasteiger partial charge in [0.15, 0.2) is 0 Å². The van der Waals surface area contributed by atoms with Crippen LogP contribution in [0.25, 0.3) is 0 Å². The standard InChI is InChI=1S/C28H35N3O5/c1-26(2,3)27(4)29(5)24(33)28(15-17-30(18-16-28)25(34)35)31(27)22-13-11-21(12-14-22)23(32)36-19-20-9-7-6-8-10-20/h6-14H,15-19H2,1-5H3,(H,34,35). The van der Waals surface area contributed by atoms with Crippen molar-refractivity contribution in [3.63, 3.8) is 0 Å². The maximum Gasteiger partial charge on any atom is 0.407 e. The lowest BCUT2D eigenvalue weighted by Crippen LogP contribution is -2.64. The van der Waals surface area contributed by atoms with Crippen molar-refractivity contribution in [1.82, 2.24) is 9.80 Å². The summed E-state index contributed by atoms with van der Waals surface area (Å²) in [5, 5.41) is 9.47. The molecular formula is C28H35N3O5. The predicted molar refractivity (Wildman–Crippen MR) is 137 cm³/mol. The lowest BCUT2D eigenvalue weighted by atomic mass is 9.78. The summed E-state index contributed by atoms with van der Waals surface area (Å²) in [6.45, 7) is 9.13. The molecule has 1 atom stereocenters. The Morgan fingerprint density at radius 2 is 1.58 bits per heavy atom. The number of carboxylic acid groups (broad SMARTS) is 1. The Kier molecular flexibility index (Phi) is 6.49. The Morgan fingerprint density at radius 1 is 1.00 bits per heavy atom. The quantitative estimate of drug-likeness (QED) is 0.627. The van der Waals surface area contributed by atoms with Crippen LogP contribution in [0.4, 0.5) is 10.5 Å². The smallest absolute Gasteiger partial charge is 0.407 e. The third kappa shape index (κ3) is 4.08. The molecule has 0 aliphatic carbocycles. The van der Waals surface area contributed by atoms with Crippen LogP contribution in [-0.2, 0) is 16.1 Å². The van der Waals surface area contributed by atoms with Gasteiger partial charge in [0, 0.05) is 31.2 Å². The minimum atomic E-state index is -0.966. The summed E-state index contributed by atoms with van der Waals surface area (Å²) < 4.78 is 5.48. The van der Waals surface area contributed by atoms with Crippen molar-refractivity contribution in [3.05, 3.63) is 65.7 Å². The van der Waals surface area contributed by atoms with Crippen molar-refractivity contribution in [2.45, 2.75) is 58.3 Å². The van der Waals surface area contributed by atoms with E-state index in [2.05, 4.69) is 32.6 Å². The molecule has 0 aromatic heterocycles. The van der Waals surface area contributed by atoms with Crippen LogP contribution in [0, 0.1) is 5.41 Å². The fourth-order valence-corrected chi connectivity index (χ4v) is 5.57. The molecule has 0 radical (unpaired) electrons. The van der Waals surface area contributed by atoms with Crippen LogP contribution in [0.3, 0.4) is 0 Å². The van der Waals surface area contributed by atoms with Crippen molar-refractivity contribution in [2.75, 3.05) is 25.0 Å². The van der Waals surface area contributed by atoms with Gasteiger partial charge >= 0.3 is 12.1 Å². The number of anilines is 1. The van der Waals surface area contributed by atoms with Gasteiger partial charge in [0.1, 0.15) is 17.8 Å². The van der Waals surface area contributed by atoms with Gasteiger partial charge in [-0.25, -0.2) is 9.59 Å². The summed E-state index contributed by atoms with van der Waals surface area (Å²) in [4.78, 5) is 43.4. The number of hydrogen-bond donors (Lipinski definition) is 1.